The first-order chi connectivity index (χ1) is 14.2. The number of rotatable bonds is 8. The lowest BCUT2D eigenvalue weighted by atomic mass is 10.0. The van der Waals surface area contributed by atoms with Crippen molar-refractivity contribution >= 4 is 11.6 Å². The molecule has 0 saturated carbocycles. The summed E-state index contributed by atoms with van der Waals surface area (Å²) in [5.74, 6) is 1.03. The number of carbonyl (C=O) groups excluding carboxylic acids is 1. The molecule has 7 heteroatoms. The smallest absolute Gasteiger partial charge is 0.277 e. The van der Waals surface area contributed by atoms with Crippen LogP contribution in [0.5, 0.6) is 11.5 Å². The summed E-state index contributed by atoms with van der Waals surface area (Å²) in [4.78, 5) is 13.6. The predicted molar refractivity (Wildman–Crippen MR) is 110 cm³/mol. The molecule has 0 unspecified atom stereocenters. The first-order valence-electron chi connectivity index (χ1n) is 9.74. The van der Waals surface area contributed by atoms with Crippen LogP contribution in [0.2, 0.25) is 0 Å². The first kappa shape index (κ1) is 20.8. The summed E-state index contributed by atoms with van der Waals surface area (Å²) < 4.78 is 16.1. The highest BCUT2D eigenvalue weighted by Gasteiger charge is 2.29. The lowest BCUT2D eigenvalue weighted by Crippen LogP contribution is -3.15. The molecule has 1 aliphatic rings. The molecule has 1 aliphatic heterocycles. The van der Waals surface area contributed by atoms with Gasteiger partial charge >= 0.3 is 0 Å². The van der Waals surface area contributed by atoms with Gasteiger partial charge in [-0.15, -0.1) is 0 Å². The molecular formula is C22H28N3O4+. The molecule has 29 heavy (non-hydrogen) atoms. The van der Waals surface area contributed by atoms with Gasteiger partial charge in [0, 0.05) is 5.56 Å². The van der Waals surface area contributed by atoms with E-state index in [0.717, 1.165) is 37.8 Å². The van der Waals surface area contributed by atoms with Gasteiger partial charge in [0.1, 0.15) is 24.6 Å². The second-order valence-electron chi connectivity index (χ2n) is 6.87. The van der Waals surface area contributed by atoms with E-state index >= 15 is 0 Å². The molecule has 0 bridgehead atoms. The van der Waals surface area contributed by atoms with E-state index in [4.69, 9.17) is 14.2 Å². The minimum absolute atomic E-state index is 0.0721. The van der Waals surface area contributed by atoms with Crippen molar-refractivity contribution in [2.75, 3.05) is 40.0 Å². The molecule has 3 rings (SSSR count). The average Bonchev–Trinajstić information content (AvgIpc) is 2.78. The van der Waals surface area contributed by atoms with Crippen molar-refractivity contribution in [3.05, 3.63) is 60.2 Å². The molecule has 2 N–H and O–H groups in total. The molecule has 1 fully saturated rings. The number of nitrogens with zero attached hydrogens (tertiary/aromatic N) is 1. The number of nitrogens with one attached hydrogen (secondary N) is 2. The van der Waals surface area contributed by atoms with Gasteiger partial charge in [-0.2, -0.15) is 5.10 Å². The Morgan fingerprint density at radius 3 is 2.41 bits per heavy atom. The van der Waals surface area contributed by atoms with Crippen LogP contribution in [0.3, 0.4) is 0 Å². The number of morpholine rings is 1. The zero-order valence-electron chi connectivity index (χ0n) is 16.9. The van der Waals surface area contributed by atoms with E-state index in [9.17, 15) is 4.79 Å². The number of carbonyl (C=O) groups is 1. The molecule has 0 aliphatic carbocycles. The number of hydrogen-bond donors (Lipinski definition) is 2. The lowest BCUT2D eigenvalue weighted by Gasteiger charge is -2.31. The third-order valence-corrected chi connectivity index (χ3v) is 4.88. The topological polar surface area (TPSA) is 73.6 Å². The van der Waals surface area contributed by atoms with Crippen LogP contribution in [0.15, 0.2) is 59.7 Å². The fourth-order valence-electron chi connectivity index (χ4n) is 3.41. The molecule has 154 valence electrons. The van der Waals surface area contributed by atoms with E-state index in [1.165, 1.54) is 10.5 Å². The van der Waals surface area contributed by atoms with Gasteiger partial charge in [0.05, 0.1) is 26.0 Å². The summed E-state index contributed by atoms with van der Waals surface area (Å²) in [6.07, 6.45) is 0. The number of hydrazone groups is 1. The van der Waals surface area contributed by atoms with Gasteiger partial charge in [-0.3, -0.25) is 4.79 Å². The highest BCUT2D eigenvalue weighted by atomic mass is 16.5. The number of quaternary nitrogens is 1. The largest absolute Gasteiger partial charge is 0.497 e. The molecule has 1 atom stereocenters. The Morgan fingerprint density at radius 1 is 1.10 bits per heavy atom. The predicted octanol–water partition coefficient (Wildman–Crippen LogP) is 1.22. The van der Waals surface area contributed by atoms with Crippen molar-refractivity contribution in [2.24, 2.45) is 5.10 Å². The second kappa shape index (κ2) is 10.6. The number of benzene rings is 2. The molecular weight excluding hydrogens is 370 g/mol. The van der Waals surface area contributed by atoms with E-state index in [1.807, 2.05) is 25.1 Å². The van der Waals surface area contributed by atoms with Gasteiger partial charge in [-0.25, -0.2) is 5.43 Å². The van der Waals surface area contributed by atoms with Crippen molar-refractivity contribution in [1.82, 2.24) is 5.43 Å². The Bertz CT molecular complexity index is 803. The van der Waals surface area contributed by atoms with Crippen LogP contribution in [0.25, 0.3) is 0 Å². The van der Waals surface area contributed by atoms with Gasteiger partial charge < -0.3 is 19.1 Å². The van der Waals surface area contributed by atoms with Crippen molar-refractivity contribution in [3.8, 4) is 11.5 Å². The Balaban J connectivity index is 1.60. The van der Waals surface area contributed by atoms with E-state index in [-0.39, 0.29) is 18.6 Å². The molecule has 0 spiro atoms. The maximum Gasteiger partial charge on any atom is 0.277 e. The number of methoxy groups -OCH3 is 1. The minimum Gasteiger partial charge on any atom is -0.497 e. The van der Waals surface area contributed by atoms with E-state index < -0.39 is 0 Å². The first-order valence-corrected chi connectivity index (χ1v) is 9.74. The summed E-state index contributed by atoms with van der Waals surface area (Å²) in [5, 5.41) is 4.37. The summed E-state index contributed by atoms with van der Waals surface area (Å²) in [6, 6.07) is 17.4. The Labute approximate surface area is 171 Å². The molecule has 0 aromatic heterocycles. The van der Waals surface area contributed by atoms with Crippen molar-refractivity contribution < 1.29 is 23.9 Å². The third-order valence-electron chi connectivity index (χ3n) is 4.88. The number of amides is 1. The van der Waals surface area contributed by atoms with Gasteiger partial charge in [0.2, 0.25) is 0 Å². The number of hydrogen-bond acceptors (Lipinski definition) is 5. The molecule has 7 nitrogen and oxygen atoms in total. The summed E-state index contributed by atoms with van der Waals surface area (Å²) >= 11 is 0. The zero-order valence-corrected chi connectivity index (χ0v) is 16.9. The van der Waals surface area contributed by atoms with Crippen LogP contribution >= 0.6 is 0 Å². The molecule has 1 saturated heterocycles. The maximum atomic E-state index is 12.2. The van der Waals surface area contributed by atoms with Crippen LogP contribution in [-0.4, -0.2) is 51.6 Å². The van der Waals surface area contributed by atoms with Gasteiger partial charge in [-0.05, 0) is 31.2 Å². The molecule has 0 radical (unpaired) electrons. The highest BCUT2D eigenvalue weighted by molar-refractivity contribution is 5.88. The summed E-state index contributed by atoms with van der Waals surface area (Å²) in [7, 11) is 1.60. The second-order valence-corrected chi connectivity index (χ2v) is 6.87. The fourth-order valence-corrected chi connectivity index (χ4v) is 3.41. The average molecular weight is 398 g/mol. The molecule has 2 aromatic rings. The van der Waals surface area contributed by atoms with Crippen LogP contribution in [-0.2, 0) is 9.53 Å². The van der Waals surface area contributed by atoms with Crippen molar-refractivity contribution in [1.29, 1.82) is 0 Å². The van der Waals surface area contributed by atoms with Gasteiger partial charge in [-0.1, -0.05) is 30.3 Å². The van der Waals surface area contributed by atoms with Crippen LogP contribution < -0.4 is 19.8 Å². The Morgan fingerprint density at radius 2 is 1.76 bits per heavy atom. The SMILES string of the molecule is COc1ccc(OCC(=O)N/N=C(/C)[C@@H](c2ccccc2)[NH+]2CCOCC2)cc1. The molecule has 1 amide bonds. The highest BCUT2D eigenvalue weighted by Crippen LogP contribution is 2.16. The van der Waals surface area contributed by atoms with Gasteiger partial charge in [0.15, 0.2) is 12.6 Å². The number of ether oxygens (including phenoxy) is 3. The normalized spacial score (nSPS) is 16.1. The van der Waals surface area contributed by atoms with Crippen molar-refractivity contribution in [3.63, 3.8) is 0 Å². The fraction of sp³-hybridized carbons (Fsp3) is 0.364. The third kappa shape index (κ3) is 6.04. The van der Waals surface area contributed by atoms with E-state index in [1.54, 1.807) is 31.4 Å². The molecule has 1 heterocycles. The lowest BCUT2D eigenvalue weighted by molar-refractivity contribution is -0.928. The standard InChI is InChI=1S/C22H27N3O4/c1-17(22(18-6-4-3-5-7-18)25-12-14-28-15-13-25)23-24-21(26)16-29-20-10-8-19(27-2)9-11-20/h3-11,22H,12-16H2,1-2H3,(H,24,26)/p+1/b23-17-/t22-/m0/s1. The van der Waals surface area contributed by atoms with E-state index in [0.29, 0.717) is 5.75 Å². The van der Waals surface area contributed by atoms with Gasteiger partial charge in [0.25, 0.3) is 5.91 Å². The van der Waals surface area contributed by atoms with Crippen LogP contribution in [0, 0.1) is 0 Å². The summed E-state index contributed by atoms with van der Waals surface area (Å²) in [6.45, 7) is 5.11. The van der Waals surface area contributed by atoms with Crippen LogP contribution in [0.4, 0.5) is 0 Å². The quantitative estimate of drug-likeness (QED) is 0.518. The van der Waals surface area contributed by atoms with E-state index in [2.05, 4.69) is 22.7 Å². The zero-order chi connectivity index (χ0) is 20.5. The Kier molecular flexibility index (Phi) is 7.61. The maximum absolute atomic E-state index is 12.2. The Hall–Kier alpha value is -2.90. The van der Waals surface area contributed by atoms with Crippen LogP contribution in [0.1, 0.15) is 18.5 Å². The minimum atomic E-state index is -0.302. The van der Waals surface area contributed by atoms with Crippen molar-refractivity contribution in [2.45, 2.75) is 13.0 Å². The molecule has 2 aromatic carbocycles. The monoisotopic (exact) mass is 398 g/mol. The summed E-state index contributed by atoms with van der Waals surface area (Å²) in [5.41, 5.74) is 4.65.